The molecule has 0 aliphatic heterocycles. The maximum atomic E-state index is 13.7. The summed E-state index contributed by atoms with van der Waals surface area (Å²) in [6, 6.07) is 16.9. The number of amides is 1. The molecular formula is C31H30F2N3O4S-. The second kappa shape index (κ2) is 13.6. The second-order valence-corrected chi connectivity index (χ2v) is 10.8. The number of carboxylic acid groups (broad SMARTS) is 1. The predicted molar refractivity (Wildman–Crippen MR) is 152 cm³/mol. The smallest absolute Gasteiger partial charge is 0.252 e. The molecule has 0 aliphatic carbocycles. The maximum absolute atomic E-state index is 13.7. The lowest BCUT2D eigenvalue weighted by Crippen LogP contribution is -2.58. The summed E-state index contributed by atoms with van der Waals surface area (Å²) in [5.41, 5.74) is 1.22. The van der Waals surface area contributed by atoms with E-state index < -0.39 is 29.3 Å². The van der Waals surface area contributed by atoms with Gasteiger partial charge in [-0.15, -0.1) is 0 Å². The third-order valence-electron chi connectivity index (χ3n) is 6.76. The van der Waals surface area contributed by atoms with Crippen molar-refractivity contribution in [3.05, 3.63) is 114 Å². The molecule has 4 aromatic rings. The molecule has 214 valence electrons. The second-order valence-electron chi connectivity index (χ2n) is 9.81. The largest absolute Gasteiger partial charge is 0.548 e. The van der Waals surface area contributed by atoms with Crippen LogP contribution in [-0.4, -0.2) is 39.0 Å². The van der Waals surface area contributed by atoms with Crippen LogP contribution in [0.1, 0.15) is 40.9 Å². The molecule has 2 atom stereocenters. The van der Waals surface area contributed by atoms with Crippen molar-refractivity contribution in [2.45, 2.75) is 38.1 Å². The van der Waals surface area contributed by atoms with Gasteiger partial charge in [-0.3, -0.25) is 4.79 Å². The first-order valence-corrected chi connectivity index (χ1v) is 14.3. The van der Waals surface area contributed by atoms with Crippen molar-refractivity contribution in [1.82, 2.24) is 14.9 Å². The quantitative estimate of drug-likeness (QED) is 0.245. The molecule has 0 bridgehead atoms. The highest BCUT2D eigenvalue weighted by Crippen LogP contribution is 2.29. The number of nitrogens with zero attached hydrogens (tertiary/aromatic N) is 2. The molecule has 0 saturated carbocycles. The van der Waals surface area contributed by atoms with Crippen molar-refractivity contribution >= 4 is 23.6 Å². The van der Waals surface area contributed by atoms with Gasteiger partial charge in [0.25, 0.3) is 5.91 Å². The number of aromatic nitrogens is 2. The van der Waals surface area contributed by atoms with Crippen LogP contribution >= 0.6 is 11.8 Å². The Morgan fingerprint density at radius 1 is 1.07 bits per heavy atom. The number of aliphatic carboxylic acids is 1. The van der Waals surface area contributed by atoms with Gasteiger partial charge in [0, 0.05) is 18.0 Å². The van der Waals surface area contributed by atoms with Gasteiger partial charge in [-0.25, -0.2) is 13.8 Å². The number of carboxylic acids is 1. The number of ether oxygens (including phenoxy) is 1. The van der Waals surface area contributed by atoms with E-state index in [4.69, 9.17) is 4.74 Å². The van der Waals surface area contributed by atoms with Crippen LogP contribution in [0.5, 0.6) is 0 Å². The van der Waals surface area contributed by atoms with Gasteiger partial charge >= 0.3 is 0 Å². The Bertz CT molecular complexity index is 1460. The molecule has 0 saturated heterocycles. The van der Waals surface area contributed by atoms with E-state index in [0.29, 0.717) is 23.4 Å². The molecular weight excluding hydrogens is 548 g/mol. The van der Waals surface area contributed by atoms with Gasteiger partial charge in [0.1, 0.15) is 17.7 Å². The summed E-state index contributed by atoms with van der Waals surface area (Å²) in [7, 11) is 0. The van der Waals surface area contributed by atoms with E-state index in [0.717, 1.165) is 11.1 Å². The van der Waals surface area contributed by atoms with E-state index in [2.05, 4.69) is 10.3 Å². The summed E-state index contributed by atoms with van der Waals surface area (Å²) >= 11 is 1.46. The summed E-state index contributed by atoms with van der Waals surface area (Å²) in [4.78, 5) is 29.4. The van der Waals surface area contributed by atoms with Crippen LogP contribution in [0.3, 0.4) is 0 Å². The molecule has 1 unspecified atom stereocenters. The summed E-state index contributed by atoms with van der Waals surface area (Å²) in [5.74, 6) is -2.23. The molecule has 1 heterocycles. The predicted octanol–water partition coefficient (Wildman–Crippen LogP) is 4.78. The van der Waals surface area contributed by atoms with Gasteiger partial charge < -0.3 is 24.5 Å². The topological polar surface area (TPSA) is 96.3 Å². The molecule has 0 fully saturated rings. The van der Waals surface area contributed by atoms with Gasteiger partial charge in [-0.1, -0.05) is 30.3 Å². The van der Waals surface area contributed by atoms with Crippen LogP contribution < -0.4 is 10.4 Å². The zero-order valence-corrected chi connectivity index (χ0v) is 23.5. The Labute approximate surface area is 241 Å². The summed E-state index contributed by atoms with van der Waals surface area (Å²) in [6.07, 6.45) is 6.73. The lowest BCUT2D eigenvalue weighted by atomic mass is 9.94. The number of carbonyl (C=O) groups is 2. The first-order chi connectivity index (χ1) is 19.7. The molecule has 0 aliphatic rings. The molecule has 0 radical (unpaired) electrons. The fraction of sp³-hybridized carbons (Fsp3) is 0.258. The molecule has 1 amide bonds. The molecule has 7 nitrogen and oxygen atoms in total. The number of rotatable bonds is 13. The van der Waals surface area contributed by atoms with Gasteiger partial charge in [0.05, 0.1) is 31.0 Å². The molecule has 3 aromatic carbocycles. The van der Waals surface area contributed by atoms with E-state index in [1.165, 1.54) is 43.0 Å². The average Bonchev–Trinajstić information content (AvgIpc) is 3.48. The highest BCUT2D eigenvalue weighted by molar-refractivity contribution is 7.98. The first-order valence-electron chi connectivity index (χ1n) is 12.9. The van der Waals surface area contributed by atoms with Crippen molar-refractivity contribution in [2.24, 2.45) is 0 Å². The number of carbonyl (C=O) groups excluding carboxylic acids is 2. The van der Waals surface area contributed by atoms with Crippen LogP contribution in [0.2, 0.25) is 0 Å². The third-order valence-corrected chi connectivity index (χ3v) is 7.37. The lowest BCUT2D eigenvalue weighted by Gasteiger charge is -2.32. The SMILES string of the molecule is CSCC[C@](C)(NC(=O)c1ccc(COC(Cn2ccnc2)c2ccc(F)cc2)cc1-c1ccc(F)cc1)C(=O)[O-]. The van der Waals surface area contributed by atoms with E-state index in [-0.39, 0.29) is 24.4 Å². The number of hydrogen-bond donors (Lipinski definition) is 1. The standard InChI is InChI=1S/C31H31F2N3O4S/c1-31(30(38)39,13-16-41-2)35-29(37)26-12-3-21(17-27(26)22-4-8-24(32)9-5-22)19-40-28(18-36-15-14-34-20-36)23-6-10-25(33)11-7-23/h3-12,14-15,17,20,28H,13,16,18-19H2,1-2H3,(H,35,37)(H,38,39)/p-1/t28?,31-/m0/s1. The number of imidazole rings is 1. The normalized spacial score (nSPS) is 13.4. The molecule has 41 heavy (non-hydrogen) atoms. The summed E-state index contributed by atoms with van der Waals surface area (Å²) in [6.45, 7) is 2.01. The average molecular weight is 579 g/mol. The minimum atomic E-state index is -1.57. The number of halogens is 2. The highest BCUT2D eigenvalue weighted by Gasteiger charge is 2.29. The zero-order valence-electron chi connectivity index (χ0n) is 22.7. The number of benzene rings is 3. The van der Waals surface area contributed by atoms with E-state index in [1.807, 2.05) is 10.8 Å². The fourth-order valence-corrected chi connectivity index (χ4v) is 4.91. The van der Waals surface area contributed by atoms with Crippen LogP contribution in [0.25, 0.3) is 11.1 Å². The Kier molecular flexibility index (Phi) is 9.91. The molecule has 0 spiro atoms. The zero-order chi connectivity index (χ0) is 29.4. The van der Waals surface area contributed by atoms with E-state index in [9.17, 15) is 23.5 Å². The van der Waals surface area contributed by atoms with Crippen molar-refractivity contribution in [3.63, 3.8) is 0 Å². The molecule has 4 rings (SSSR count). The molecule has 1 aromatic heterocycles. The van der Waals surface area contributed by atoms with Gasteiger partial charge in [-0.2, -0.15) is 11.8 Å². The Balaban J connectivity index is 1.63. The van der Waals surface area contributed by atoms with E-state index in [1.54, 1.807) is 61.2 Å². The van der Waals surface area contributed by atoms with Gasteiger partial charge in [0.2, 0.25) is 0 Å². The molecule has 10 heteroatoms. The van der Waals surface area contributed by atoms with E-state index >= 15 is 0 Å². The third kappa shape index (κ3) is 7.80. The Morgan fingerprint density at radius 3 is 2.37 bits per heavy atom. The van der Waals surface area contributed by atoms with Gasteiger partial charge in [-0.05, 0) is 84.0 Å². The number of nitrogens with one attached hydrogen (secondary N) is 1. The lowest BCUT2D eigenvalue weighted by molar-refractivity contribution is -0.313. The first kappa shape index (κ1) is 30.0. The maximum Gasteiger partial charge on any atom is 0.252 e. The van der Waals surface area contributed by atoms with Crippen molar-refractivity contribution in [1.29, 1.82) is 0 Å². The summed E-state index contributed by atoms with van der Waals surface area (Å²) < 4.78 is 35.4. The van der Waals surface area contributed by atoms with Crippen LogP contribution in [0.15, 0.2) is 85.5 Å². The van der Waals surface area contributed by atoms with Crippen LogP contribution in [-0.2, 0) is 22.7 Å². The minimum absolute atomic E-state index is 0.150. The van der Waals surface area contributed by atoms with Crippen molar-refractivity contribution in [3.8, 4) is 11.1 Å². The van der Waals surface area contributed by atoms with Crippen LogP contribution in [0, 0.1) is 11.6 Å². The monoisotopic (exact) mass is 578 g/mol. The Morgan fingerprint density at radius 2 is 1.76 bits per heavy atom. The van der Waals surface area contributed by atoms with Crippen molar-refractivity contribution in [2.75, 3.05) is 12.0 Å². The fourth-order valence-electron chi connectivity index (χ4n) is 4.30. The minimum Gasteiger partial charge on any atom is -0.548 e. The van der Waals surface area contributed by atoms with Crippen molar-refractivity contribution < 1.29 is 28.2 Å². The Hall–Kier alpha value is -4.02. The van der Waals surface area contributed by atoms with Crippen LogP contribution in [0.4, 0.5) is 8.78 Å². The summed E-state index contributed by atoms with van der Waals surface area (Å²) in [5, 5.41) is 14.5. The highest BCUT2D eigenvalue weighted by atomic mass is 32.2. The number of hydrogen-bond acceptors (Lipinski definition) is 6. The number of thioether (sulfide) groups is 1. The van der Waals surface area contributed by atoms with Gasteiger partial charge in [0.15, 0.2) is 0 Å². The molecule has 1 N–H and O–H groups in total.